The third kappa shape index (κ3) is 3.07. The van der Waals surface area contributed by atoms with E-state index in [9.17, 15) is 4.79 Å². The highest BCUT2D eigenvalue weighted by Gasteiger charge is 1.96. The zero-order valence-corrected chi connectivity index (χ0v) is 10.1. The van der Waals surface area contributed by atoms with Crippen molar-refractivity contribution in [3.05, 3.63) is 48.0 Å². The van der Waals surface area contributed by atoms with Crippen LogP contribution in [0.4, 0.5) is 4.79 Å². The quantitative estimate of drug-likeness (QED) is 0.664. The lowest BCUT2D eigenvalue weighted by atomic mass is 10.1. The highest BCUT2D eigenvalue weighted by Crippen LogP contribution is 2.14. The highest BCUT2D eigenvalue weighted by molar-refractivity contribution is 5.90. The molecule has 0 aromatic heterocycles. The molecule has 0 spiro atoms. The second kappa shape index (κ2) is 5.82. The van der Waals surface area contributed by atoms with E-state index in [4.69, 9.17) is 0 Å². The Morgan fingerprint density at radius 1 is 1.28 bits per heavy atom. The first-order valence-electron chi connectivity index (χ1n) is 5.74. The maximum atomic E-state index is 11.0. The summed E-state index contributed by atoms with van der Waals surface area (Å²) >= 11 is 0. The van der Waals surface area contributed by atoms with Gasteiger partial charge in [-0.15, -0.1) is 0 Å². The number of amides is 1. The van der Waals surface area contributed by atoms with Crippen LogP contribution in [0.15, 0.2) is 47.6 Å². The van der Waals surface area contributed by atoms with Crippen LogP contribution >= 0.6 is 0 Å². The number of carbonyl (C=O) groups excluding carboxylic acids is 1. The van der Waals surface area contributed by atoms with E-state index in [0.29, 0.717) is 6.61 Å². The minimum atomic E-state index is -0.547. The van der Waals surface area contributed by atoms with Gasteiger partial charge >= 0.3 is 6.09 Å². The zero-order valence-electron chi connectivity index (χ0n) is 10.1. The van der Waals surface area contributed by atoms with Gasteiger partial charge in [-0.05, 0) is 29.3 Å². The van der Waals surface area contributed by atoms with Crippen molar-refractivity contribution in [1.82, 2.24) is 5.43 Å². The van der Waals surface area contributed by atoms with Crippen molar-refractivity contribution in [1.29, 1.82) is 0 Å². The summed E-state index contributed by atoms with van der Waals surface area (Å²) < 4.78 is 4.69. The molecule has 0 radical (unpaired) electrons. The van der Waals surface area contributed by atoms with E-state index in [1.807, 2.05) is 42.5 Å². The normalized spacial score (nSPS) is 10.7. The molecular formula is C14H14N2O2. The lowest BCUT2D eigenvalue weighted by Crippen LogP contribution is -2.18. The number of ether oxygens (including phenoxy) is 1. The molecule has 4 nitrogen and oxygen atoms in total. The molecule has 92 valence electrons. The second-order valence-electron chi connectivity index (χ2n) is 3.70. The van der Waals surface area contributed by atoms with Crippen molar-refractivity contribution in [2.75, 3.05) is 6.61 Å². The van der Waals surface area contributed by atoms with Gasteiger partial charge in [-0.3, -0.25) is 0 Å². The number of hydrogen-bond donors (Lipinski definition) is 1. The van der Waals surface area contributed by atoms with Crippen LogP contribution in [0, 0.1) is 0 Å². The number of carbonyl (C=O) groups is 1. The van der Waals surface area contributed by atoms with Crippen molar-refractivity contribution in [2.24, 2.45) is 5.10 Å². The number of hydrogen-bond acceptors (Lipinski definition) is 3. The summed E-state index contributed by atoms with van der Waals surface area (Å²) in [5.41, 5.74) is 3.21. The third-order valence-electron chi connectivity index (χ3n) is 2.42. The van der Waals surface area contributed by atoms with Gasteiger partial charge in [-0.25, -0.2) is 10.2 Å². The summed E-state index contributed by atoms with van der Waals surface area (Å²) in [6, 6.07) is 14.0. The summed E-state index contributed by atoms with van der Waals surface area (Å²) in [5, 5.41) is 6.13. The van der Waals surface area contributed by atoms with Crippen LogP contribution in [0.5, 0.6) is 0 Å². The van der Waals surface area contributed by atoms with Gasteiger partial charge in [0.05, 0.1) is 12.8 Å². The molecule has 0 bridgehead atoms. The first kappa shape index (κ1) is 12.1. The average Bonchev–Trinajstić information content (AvgIpc) is 2.39. The third-order valence-corrected chi connectivity index (χ3v) is 2.42. The summed E-state index contributed by atoms with van der Waals surface area (Å²) in [5.74, 6) is 0. The van der Waals surface area contributed by atoms with E-state index >= 15 is 0 Å². The Bertz CT molecular complexity index is 579. The molecule has 2 aromatic carbocycles. The molecule has 0 heterocycles. The monoisotopic (exact) mass is 242 g/mol. The fraction of sp³-hybridized carbons (Fsp3) is 0.143. The SMILES string of the molecule is CCOC(=O)N/N=C/c1ccc2ccccc2c1. The number of nitrogens with zero attached hydrogens (tertiary/aromatic N) is 1. The van der Waals surface area contributed by atoms with Gasteiger partial charge in [0.25, 0.3) is 0 Å². The molecule has 2 aromatic rings. The standard InChI is InChI=1S/C14H14N2O2/c1-2-18-14(17)16-15-10-11-7-8-12-5-3-4-6-13(12)9-11/h3-10H,2H2,1H3,(H,16,17)/b15-10+. The van der Waals surface area contributed by atoms with Crippen LogP contribution in [0.1, 0.15) is 12.5 Å². The molecule has 0 unspecified atom stereocenters. The van der Waals surface area contributed by atoms with Crippen molar-refractivity contribution >= 4 is 23.1 Å². The van der Waals surface area contributed by atoms with E-state index in [-0.39, 0.29) is 0 Å². The lowest BCUT2D eigenvalue weighted by molar-refractivity contribution is 0.152. The van der Waals surface area contributed by atoms with E-state index in [0.717, 1.165) is 10.9 Å². The molecule has 1 N–H and O–H groups in total. The molecule has 0 aliphatic carbocycles. The van der Waals surface area contributed by atoms with Crippen molar-refractivity contribution in [3.63, 3.8) is 0 Å². The van der Waals surface area contributed by atoms with Crippen molar-refractivity contribution in [2.45, 2.75) is 6.92 Å². The fourth-order valence-electron chi connectivity index (χ4n) is 1.61. The Kier molecular flexibility index (Phi) is 3.91. The number of nitrogens with one attached hydrogen (secondary N) is 1. The van der Waals surface area contributed by atoms with E-state index < -0.39 is 6.09 Å². The topological polar surface area (TPSA) is 50.7 Å². The minimum Gasteiger partial charge on any atom is -0.449 e. The maximum Gasteiger partial charge on any atom is 0.427 e. The number of rotatable bonds is 3. The van der Waals surface area contributed by atoms with Gasteiger partial charge in [0, 0.05) is 0 Å². The number of benzene rings is 2. The van der Waals surface area contributed by atoms with E-state index in [2.05, 4.69) is 15.3 Å². The summed E-state index contributed by atoms with van der Waals surface area (Å²) in [6.07, 6.45) is 1.04. The maximum absolute atomic E-state index is 11.0. The molecule has 18 heavy (non-hydrogen) atoms. The van der Waals surface area contributed by atoms with E-state index in [1.54, 1.807) is 13.1 Å². The zero-order chi connectivity index (χ0) is 12.8. The van der Waals surface area contributed by atoms with Gasteiger partial charge in [0.2, 0.25) is 0 Å². The van der Waals surface area contributed by atoms with Crippen molar-refractivity contribution < 1.29 is 9.53 Å². The molecule has 4 heteroatoms. The average molecular weight is 242 g/mol. The lowest BCUT2D eigenvalue weighted by Gasteiger charge is -2.00. The number of hydrazone groups is 1. The van der Waals surface area contributed by atoms with Crippen molar-refractivity contribution in [3.8, 4) is 0 Å². The predicted octanol–water partition coefficient (Wildman–Crippen LogP) is 2.92. The summed E-state index contributed by atoms with van der Waals surface area (Å²) in [6.45, 7) is 2.07. The van der Waals surface area contributed by atoms with Gasteiger partial charge in [-0.2, -0.15) is 5.10 Å². The molecule has 2 rings (SSSR count). The van der Waals surface area contributed by atoms with Crippen LogP contribution in [0.25, 0.3) is 10.8 Å². The Labute approximate surface area is 105 Å². The molecule has 1 amide bonds. The second-order valence-corrected chi connectivity index (χ2v) is 3.70. The van der Waals surface area contributed by atoms with Gasteiger partial charge in [-0.1, -0.05) is 36.4 Å². The first-order chi connectivity index (χ1) is 8.79. The minimum absolute atomic E-state index is 0.331. The molecule has 0 saturated heterocycles. The van der Waals surface area contributed by atoms with Crippen LogP contribution in [-0.2, 0) is 4.74 Å². The van der Waals surface area contributed by atoms with E-state index in [1.165, 1.54) is 5.39 Å². The van der Waals surface area contributed by atoms with Gasteiger partial charge in [0.1, 0.15) is 0 Å². The van der Waals surface area contributed by atoms with Crippen LogP contribution in [-0.4, -0.2) is 18.9 Å². The predicted molar refractivity (Wildman–Crippen MR) is 71.7 cm³/mol. The smallest absolute Gasteiger partial charge is 0.427 e. The summed E-state index contributed by atoms with van der Waals surface area (Å²) in [4.78, 5) is 11.0. The van der Waals surface area contributed by atoms with Crippen LogP contribution in [0.2, 0.25) is 0 Å². The fourth-order valence-corrected chi connectivity index (χ4v) is 1.61. The Morgan fingerprint density at radius 2 is 2.06 bits per heavy atom. The Morgan fingerprint density at radius 3 is 2.83 bits per heavy atom. The molecule has 0 saturated carbocycles. The molecule has 0 fully saturated rings. The molecule has 0 aliphatic rings. The largest absolute Gasteiger partial charge is 0.449 e. The Hall–Kier alpha value is -2.36. The Balaban J connectivity index is 2.07. The number of fused-ring (bicyclic) bond motifs is 1. The molecule has 0 atom stereocenters. The first-order valence-corrected chi connectivity index (χ1v) is 5.74. The van der Waals surface area contributed by atoms with Gasteiger partial charge in [0.15, 0.2) is 0 Å². The van der Waals surface area contributed by atoms with Gasteiger partial charge < -0.3 is 4.74 Å². The molecular weight excluding hydrogens is 228 g/mol. The highest BCUT2D eigenvalue weighted by atomic mass is 16.5. The molecule has 0 aliphatic heterocycles. The van der Waals surface area contributed by atoms with Crippen LogP contribution < -0.4 is 5.43 Å². The van der Waals surface area contributed by atoms with Crippen LogP contribution in [0.3, 0.4) is 0 Å². The summed E-state index contributed by atoms with van der Waals surface area (Å²) in [7, 11) is 0.